The first-order valence-electron chi connectivity index (χ1n) is 7.51. The standard InChI is InChI=1S/C18H18BrNO2/c19-15-6-8-16(9-7-15)20-18(21)12-22-17-10-5-13-3-1-2-4-14(13)11-17/h5-11H,1-4,12H2,(H,20,21). The highest BCUT2D eigenvalue weighted by Crippen LogP contribution is 2.25. The van der Waals surface area contributed by atoms with E-state index in [1.54, 1.807) is 0 Å². The molecule has 22 heavy (non-hydrogen) atoms. The molecular weight excluding hydrogens is 342 g/mol. The van der Waals surface area contributed by atoms with Gasteiger partial charge in [0.2, 0.25) is 0 Å². The number of aryl methyl sites for hydroxylation is 2. The Labute approximate surface area is 138 Å². The van der Waals surface area contributed by atoms with Gasteiger partial charge in [-0.05, 0) is 73.2 Å². The number of nitrogens with one attached hydrogen (secondary N) is 1. The van der Waals surface area contributed by atoms with Gasteiger partial charge in [0.15, 0.2) is 6.61 Å². The van der Waals surface area contributed by atoms with Crippen LogP contribution in [0.15, 0.2) is 46.9 Å². The summed E-state index contributed by atoms with van der Waals surface area (Å²) in [6.07, 6.45) is 4.76. The number of rotatable bonds is 4. The maximum absolute atomic E-state index is 11.9. The highest BCUT2D eigenvalue weighted by Gasteiger charge is 2.10. The van der Waals surface area contributed by atoms with E-state index in [-0.39, 0.29) is 12.5 Å². The van der Waals surface area contributed by atoms with Crippen molar-refractivity contribution in [3.8, 4) is 5.75 Å². The van der Waals surface area contributed by atoms with Crippen molar-refractivity contribution in [3.05, 3.63) is 58.1 Å². The molecule has 0 unspecified atom stereocenters. The van der Waals surface area contributed by atoms with Gasteiger partial charge in [0.25, 0.3) is 5.91 Å². The summed E-state index contributed by atoms with van der Waals surface area (Å²) >= 11 is 3.37. The van der Waals surface area contributed by atoms with Gasteiger partial charge in [-0.15, -0.1) is 0 Å². The Morgan fingerprint density at radius 2 is 1.77 bits per heavy atom. The van der Waals surface area contributed by atoms with E-state index in [1.807, 2.05) is 30.3 Å². The van der Waals surface area contributed by atoms with Crippen molar-refractivity contribution >= 4 is 27.5 Å². The average molecular weight is 360 g/mol. The Kier molecular flexibility index (Phi) is 4.78. The molecule has 0 bridgehead atoms. The summed E-state index contributed by atoms with van der Waals surface area (Å²) in [4.78, 5) is 11.9. The highest BCUT2D eigenvalue weighted by atomic mass is 79.9. The second-order valence-corrected chi connectivity index (χ2v) is 6.40. The molecule has 2 aromatic rings. The molecule has 1 aliphatic carbocycles. The molecule has 3 nitrogen and oxygen atoms in total. The first-order valence-corrected chi connectivity index (χ1v) is 8.30. The maximum Gasteiger partial charge on any atom is 0.262 e. The maximum atomic E-state index is 11.9. The summed E-state index contributed by atoms with van der Waals surface area (Å²) in [5.41, 5.74) is 3.54. The topological polar surface area (TPSA) is 38.3 Å². The van der Waals surface area contributed by atoms with Crippen molar-refractivity contribution in [1.82, 2.24) is 0 Å². The van der Waals surface area contributed by atoms with Gasteiger partial charge >= 0.3 is 0 Å². The lowest BCUT2D eigenvalue weighted by Gasteiger charge is -2.16. The Hall–Kier alpha value is -1.81. The SMILES string of the molecule is O=C(COc1ccc2c(c1)CCCC2)Nc1ccc(Br)cc1. The number of hydrogen-bond donors (Lipinski definition) is 1. The predicted molar refractivity (Wildman–Crippen MR) is 91.4 cm³/mol. The van der Waals surface area contributed by atoms with E-state index < -0.39 is 0 Å². The monoisotopic (exact) mass is 359 g/mol. The Morgan fingerprint density at radius 3 is 2.55 bits per heavy atom. The average Bonchev–Trinajstić information content (AvgIpc) is 2.55. The molecule has 0 saturated carbocycles. The number of amides is 1. The lowest BCUT2D eigenvalue weighted by atomic mass is 9.92. The Bertz CT molecular complexity index is 667. The second kappa shape index (κ2) is 6.97. The molecule has 0 aliphatic heterocycles. The summed E-state index contributed by atoms with van der Waals surface area (Å²) in [6, 6.07) is 13.6. The van der Waals surface area contributed by atoms with Gasteiger partial charge < -0.3 is 10.1 Å². The number of fused-ring (bicyclic) bond motifs is 1. The fraction of sp³-hybridized carbons (Fsp3) is 0.278. The zero-order valence-corrected chi connectivity index (χ0v) is 13.9. The molecule has 0 atom stereocenters. The van der Waals surface area contributed by atoms with Crippen LogP contribution in [0.1, 0.15) is 24.0 Å². The number of benzene rings is 2. The van der Waals surface area contributed by atoms with Gasteiger partial charge in [0.1, 0.15) is 5.75 Å². The van der Waals surface area contributed by atoms with Gasteiger partial charge in [-0.25, -0.2) is 0 Å². The van der Waals surface area contributed by atoms with E-state index in [9.17, 15) is 4.79 Å². The van der Waals surface area contributed by atoms with Crippen molar-refractivity contribution in [3.63, 3.8) is 0 Å². The van der Waals surface area contributed by atoms with Crippen LogP contribution in [0.5, 0.6) is 5.75 Å². The van der Waals surface area contributed by atoms with Crippen LogP contribution in [0.4, 0.5) is 5.69 Å². The summed E-state index contributed by atoms with van der Waals surface area (Å²) in [5, 5.41) is 2.82. The molecule has 0 aromatic heterocycles. The number of halogens is 1. The van der Waals surface area contributed by atoms with Gasteiger partial charge in [-0.3, -0.25) is 4.79 Å². The molecule has 0 spiro atoms. The number of carbonyl (C=O) groups is 1. The Morgan fingerprint density at radius 1 is 1.05 bits per heavy atom. The highest BCUT2D eigenvalue weighted by molar-refractivity contribution is 9.10. The zero-order chi connectivity index (χ0) is 15.4. The molecule has 1 amide bonds. The van der Waals surface area contributed by atoms with Crippen LogP contribution in [0.25, 0.3) is 0 Å². The van der Waals surface area contributed by atoms with Crippen LogP contribution in [0, 0.1) is 0 Å². The van der Waals surface area contributed by atoms with E-state index >= 15 is 0 Å². The molecule has 0 heterocycles. The van der Waals surface area contributed by atoms with E-state index in [4.69, 9.17) is 4.74 Å². The summed E-state index contributed by atoms with van der Waals surface area (Å²) in [7, 11) is 0. The smallest absolute Gasteiger partial charge is 0.262 e. The molecule has 0 saturated heterocycles. The number of anilines is 1. The Balaban J connectivity index is 1.55. The fourth-order valence-electron chi connectivity index (χ4n) is 2.68. The van der Waals surface area contributed by atoms with Crippen LogP contribution < -0.4 is 10.1 Å². The third kappa shape index (κ3) is 3.89. The minimum Gasteiger partial charge on any atom is -0.484 e. The van der Waals surface area contributed by atoms with Crippen molar-refractivity contribution in [2.24, 2.45) is 0 Å². The molecule has 114 valence electrons. The van der Waals surface area contributed by atoms with Crippen molar-refractivity contribution in [2.45, 2.75) is 25.7 Å². The van der Waals surface area contributed by atoms with Gasteiger partial charge in [0, 0.05) is 10.2 Å². The molecule has 2 aromatic carbocycles. The molecule has 4 heteroatoms. The van der Waals surface area contributed by atoms with E-state index in [0.29, 0.717) is 0 Å². The molecule has 0 radical (unpaired) electrons. The van der Waals surface area contributed by atoms with Crippen LogP contribution in [-0.4, -0.2) is 12.5 Å². The quantitative estimate of drug-likeness (QED) is 0.881. The summed E-state index contributed by atoms with van der Waals surface area (Å²) in [6.45, 7) is 0.0227. The third-order valence-corrected chi connectivity index (χ3v) is 4.35. The lowest BCUT2D eigenvalue weighted by molar-refractivity contribution is -0.118. The van der Waals surface area contributed by atoms with Crippen LogP contribution in [0.3, 0.4) is 0 Å². The van der Waals surface area contributed by atoms with Crippen molar-refractivity contribution < 1.29 is 9.53 Å². The zero-order valence-electron chi connectivity index (χ0n) is 12.3. The van der Waals surface area contributed by atoms with E-state index in [2.05, 4.69) is 33.4 Å². The molecule has 0 fully saturated rings. The van der Waals surface area contributed by atoms with Gasteiger partial charge in [-0.1, -0.05) is 22.0 Å². The molecule has 3 rings (SSSR count). The summed E-state index contributed by atoms with van der Waals surface area (Å²) in [5.74, 6) is 0.617. The van der Waals surface area contributed by atoms with Gasteiger partial charge in [-0.2, -0.15) is 0 Å². The number of ether oxygens (including phenoxy) is 1. The minimum absolute atomic E-state index is 0.0227. The van der Waals surface area contributed by atoms with E-state index in [0.717, 1.165) is 28.8 Å². The fourth-order valence-corrected chi connectivity index (χ4v) is 2.94. The first-order chi connectivity index (χ1) is 10.7. The van der Waals surface area contributed by atoms with Crippen molar-refractivity contribution in [1.29, 1.82) is 0 Å². The lowest BCUT2D eigenvalue weighted by Crippen LogP contribution is -2.20. The van der Waals surface area contributed by atoms with Gasteiger partial charge in [0.05, 0.1) is 0 Å². The minimum atomic E-state index is -0.153. The molecule has 1 N–H and O–H groups in total. The predicted octanol–water partition coefficient (Wildman–Crippen LogP) is 4.35. The number of carbonyl (C=O) groups excluding carboxylic acids is 1. The third-order valence-electron chi connectivity index (χ3n) is 3.82. The number of hydrogen-bond acceptors (Lipinski definition) is 2. The molecular formula is C18H18BrNO2. The van der Waals surface area contributed by atoms with Crippen LogP contribution >= 0.6 is 15.9 Å². The van der Waals surface area contributed by atoms with Crippen LogP contribution in [-0.2, 0) is 17.6 Å². The normalized spacial score (nSPS) is 13.3. The van der Waals surface area contributed by atoms with Crippen molar-refractivity contribution in [2.75, 3.05) is 11.9 Å². The summed E-state index contributed by atoms with van der Waals surface area (Å²) < 4.78 is 6.59. The van der Waals surface area contributed by atoms with Crippen LogP contribution in [0.2, 0.25) is 0 Å². The second-order valence-electron chi connectivity index (χ2n) is 5.48. The largest absolute Gasteiger partial charge is 0.484 e. The first kappa shape index (κ1) is 15.1. The van der Waals surface area contributed by atoms with E-state index in [1.165, 1.54) is 24.0 Å². The molecule has 1 aliphatic rings.